The molecule has 1 saturated heterocycles. The summed E-state index contributed by atoms with van der Waals surface area (Å²) in [6.45, 7) is 6.28. The van der Waals surface area contributed by atoms with Gasteiger partial charge in [-0.1, -0.05) is 13.3 Å². The van der Waals surface area contributed by atoms with Crippen molar-refractivity contribution in [1.29, 1.82) is 0 Å². The molecule has 0 amide bonds. The molecule has 2 nitrogen and oxygen atoms in total. The Morgan fingerprint density at radius 1 is 1.21 bits per heavy atom. The van der Waals surface area contributed by atoms with Gasteiger partial charge in [-0.15, -0.1) is 0 Å². The van der Waals surface area contributed by atoms with Gasteiger partial charge >= 0.3 is 0 Å². The summed E-state index contributed by atoms with van der Waals surface area (Å²) in [6, 6.07) is 0. The lowest BCUT2D eigenvalue weighted by Gasteiger charge is -2.30. The molecule has 0 radical (unpaired) electrons. The number of hydrogen-bond donors (Lipinski definition) is 1. The highest BCUT2D eigenvalue weighted by atomic mass is 15.1. The molecule has 1 heterocycles. The van der Waals surface area contributed by atoms with Crippen LogP contribution in [0.3, 0.4) is 0 Å². The lowest BCUT2D eigenvalue weighted by Crippen LogP contribution is -2.36. The van der Waals surface area contributed by atoms with Crippen LogP contribution in [0.15, 0.2) is 0 Å². The van der Waals surface area contributed by atoms with E-state index in [1.807, 2.05) is 0 Å². The maximum absolute atomic E-state index is 6.13. The smallest absolute Gasteiger partial charge is 0.0158 e. The lowest BCUT2D eigenvalue weighted by molar-refractivity contribution is 0.192. The fourth-order valence-corrected chi connectivity index (χ4v) is 2.71. The molecule has 1 aliphatic heterocycles. The van der Waals surface area contributed by atoms with Crippen LogP contribution in [0, 0.1) is 5.92 Å². The Labute approximate surface area is 87.8 Å². The highest BCUT2D eigenvalue weighted by molar-refractivity contribution is 4.99. The maximum Gasteiger partial charge on any atom is 0.0158 e. The quantitative estimate of drug-likeness (QED) is 0.745. The fraction of sp³-hybridized carbons (Fsp3) is 1.00. The van der Waals surface area contributed by atoms with E-state index in [9.17, 15) is 0 Å². The van der Waals surface area contributed by atoms with Gasteiger partial charge in [0.1, 0.15) is 0 Å². The van der Waals surface area contributed by atoms with Crippen molar-refractivity contribution in [1.82, 2.24) is 4.90 Å². The molecule has 14 heavy (non-hydrogen) atoms. The molecule has 0 aromatic rings. The van der Waals surface area contributed by atoms with E-state index in [1.54, 1.807) is 0 Å². The number of nitrogens with zero attached hydrogens (tertiary/aromatic N) is 1. The van der Waals surface area contributed by atoms with Crippen LogP contribution >= 0.6 is 0 Å². The molecule has 82 valence electrons. The summed E-state index contributed by atoms with van der Waals surface area (Å²) >= 11 is 0. The van der Waals surface area contributed by atoms with Crippen LogP contribution in [-0.2, 0) is 0 Å². The van der Waals surface area contributed by atoms with Crippen LogP contribution in [0.4, 0.5) is 0 Å². The van der Waals surface area contributed by atoms with Crippen LogP contribution in [0.5, 0.6) is 0 Å². The summed E-state index contributed by atoms with van der Waals surface area (Å²) in [5, 5.41) is 0. The first kappa shape index (κ1) is 10.4. The monoisotopic (exact) mass is 196 g/mol. The second-order valence-electron chi connectivity index (χ2n) is 5.53. The van der Waals surface area contributed by atoms with Gasteiger partial charge in [0, 0.05) is 12.1 Å². The SMILES string of the molecule is CC(CN1CCCCC1)CC1(N)CC1. The number of rotatable bonds is 4. The van der Waals surface area contributed by atoms with Gasteiger partial charge in [0.15, 0.2) is 0 Å². The van der Waals surface area contributed by atoms with Crippen LogP contribution < -0.4 is 5.73 Å². The number of piperidine rings is 1. The third-order valence-electron chi connectivity index (χ3n) is 3.67. The Balaban J connectivity index is 1.67. The van der Waals surface area contributed by atoms with Crippen molar-refractivity contribution in [3.05, 3.63) is 0 Å². The Morgan fingerprint density at radius 2 is 1.86 bits per heavy atom. The lowest BCUT2D eigenvalue weighted by atomic mass is 9.99. The predicted octanol–water partition coefficient (Wildman–Crippen LogP) is 1.99. The van der Waals surface area contributed by atoms with Gasteiger partial charge in [-0.05, 0) is 51.1 Å². The van der Waals surface area contributed by atoms with E-state index in [-0.39, 0.29) is 5.54 Å². The second-order valence-corrected chi connectivity index (χ2v) is 5.53. The van der Waals surface area contributed by atoms with Gasteiger partial charge in [0.2, 0.25) is 0 Å². The molecular weight excluding hydrogens is 172 g/mol. The van der Waals surface area contributed by atoms with E-state index in [4.69, 9.17) is 5.73 Å². The zero-order chi connectivity index (χ0) is 10.0. The molecule has 0 aromatic carbocycles. The van der Waals surface area contributed by atoms with E-state index in [2.05, 4.69) is 11.8 Å². The molecule has 0 spiro atoms. The molecule has 0 bridgehead atoms. The van der Waals surface area contributed by atoms with Crippen molar-refractivity contribution >= 4 is 0 Å². The molecule has 1 saturated carbocycles. The van der Waals surface area contributed by atoms with Gasteiger partial charge in [0.05, 0.1) is 0 Å². The zero-order valence-corrected chi connectivity index (χ0v) is 9.47. The summed E-state index contributed by atoms with van der Waals surface area (Å²) in [5.41, 5.74) is 6.38. The molecule has 1 atom stereocenters. The molecule has 2 N–H and O–H groups in total. The highest BCUT2D eigenvalue weighted by Crippen LogP contribution is 2.38. The van der Waals surface area contributed by atoms with Crippen molar-refractivity contribution in [2.75, 3.05) is 19.6 Å². The van der Waals surface area contributed by atoms with Crippen molar-refractivity contribution in [2.24, 2.45) is 11.7 Å². The van der Waals surface area contributed by atoms with Gasteiger partial charge in [-0.2, -0.15) is 0 Å². The van der Waals surface area contributed by atoms with E-state index >= 15 is 0 Å². The molecule has 0 aromatic heterocycles. The van der Waals surface area contributed by atoms with Crippen molar-refractivity contribution < 1.29 is 0 Å². The molecule has 1 aliphatic carbocycles. The summed E-state index contributed by atoms with van der Waals surface area (Å²) < 4.78 is 0. The topological polar surface area (TPSA) is 29.3 Å². The summed E-state index contributed by atoms with van der Waals surface area (Å²) in [7, 11) is 0. The average Bonchev–Trinajstić information content (AvgIpc) is 2.84. The summed E-state index contributed by atoms with van der Waals surface area (Å²) in [5.74, 6) is 0.792. The van der Waals surface area contributed by atoms with Crippen LogP contribution in [0.2, 0.25) is 0 Å². The normalized spacial score (nSPS) is 28.7. The van der Waals surface area contributed by atoms with Gasteiger partial charge in [-0.3, -0.25) is 0 Å². The zero-order valence-electron chi connectivity index (χ0n) is 9.47. The first-order valence-electron chi connectivity index (χ1n) is 6.19. The van der Waals surface area contributed by atoms with Gasteiger partial charge < -0.3 is 10.6 Å². The van der Waals surface area contributed by atoms with Gasteiger partial charge in [-0.25, -0.2) is 0 Å². The minimum absolute atomic E-state index is 0.245. The third kappa shape index (κ3) is 2.96. The average molecular weight is 196 g/mol. The number of nitrogens with two attached hydrogens (primary N) is 1. The molecule has 2 aliphatic rings. The Hall–Kier alpha value is -0.0800. The van der Waals surface area contributed by atoms with E-state index in [1.165, 1.54) is 58.2 Å². The van der Waals surface area contributed by atoms with Crippen LogP contribution in [0.1, 0.15) is 45.4 Å². The molecule has 2 heteroatoms. The standard InChI is InChI=1S/C12H24N2/c1-11(9-12(13)5-6-12)10-14-7-3-2-4-8-14/h11H,2-10,13H2,1H3. The molecule has 1 unspecified atom stereocenters. The van der Waals surface area contributed by atoms with Gasteiger partial charge in [0.25, 0.3) is 0 Å². The minimum atomic E-state index is 0.245. The van der Waals surface area contributed by atoms with Crippen LogP contribution in [0.25, 0.3) is 0 Å². The second kappa shape index (κ2) is 4.19. The maximum atomic E-state index is 6.13. The molecule has 2 fully saturated rings. The Morgan fingerprint density at radius 3 is 2.43 bits per heavy atom. The van der Waals surface area contributed by atoms with Crippen molar-refractivity contribution in [3.63, 3.8) is 0 Å². The fourth-order valence-electron chi connectivity index (χ4n) is 2.71. The van der Waals surface area contributed by atoms with Crippen molar-refractivity contribution in [3.8, 4) is 0 Å². The summed E-state index contributed by atoms with van der Waals surface area (Å²) in [4.78, 5) is 2.62. The van der Waals surface area contributed by atoms with E-state index < -0.39 is 0 Å². The Kier molecular flexibility index (Phi) is 3.13. The first-order chi connectivity index (χ1) is 6.68. The highest BCUT2D eigenvalue weighted by Gasteiger charge is 2.39. The van der Waals surface area contributed by atoms with Crippen molar-refractivity contribution in [2.45, 2.75) is 51.0 Å². The first-order valence-corrected chi connectivity index (χ1v) is 6.19. The van der Waals surface area contributed by atoms with E-state index in [0.717, 1.165) is 5.92 Å². The Bertz CT molecular complexity index is 181. The number of hydrogen-bond acceptors (Lipinski definition) is 2. The molecule has 2 rings (SSSR count). The third-order valence-corrected chi connectivity index (χ3v) is 3.67. The summed E-state index contributed by atoms with van der Waals surface area (Å²) in [6.07, 6.45) is 8.00. The largest absolute Gasteiger partial charge is 0.325 e. The minimum Gasteiger partial charge on any atom is -0.325 e. The van der Waals surface area contributed by atoms with Crippen LogP contribution in [-0.4, -0.2) is 30.1 Å². The predicted molar refractivity (Wildman–Crippen MR) is 60.2 cm³/mol. The number of likely N-dealkylation sites (tertiary alicyclic amines) is 1. The van der Waals surface area contributed by atoms with E-state index in [0.29, 0.717) is 0 Å². The molecular formula is C12H24N2.